The number of aliphatic carboxylic acids is 1. The lowest BCUT2D eigenvalue weighted by Crippen LogP contribution is -2.50. The second-order valence-corrected chi connectivity index (χ2v) is 5.75. The molecule has 0 aromatic heterocycles. The van der Waals surface area contributed by atoms with Crippen LogP contribution in [0.3, 0.4) is 0 Å². The van der Waals surface area contributed by atoms with Gasteiger partial charge in [-0.05, 0) is 33.1 Å². The van der Waals surface area contributed by atoms with E-state index < -0.39 is 11.5 Å². The monoisotopic (exact) mass is 241 g/mol. The Kier molecular flexibility index (Phi) is 4.17. The topological polar surface area (TPSA) is 66.4 Å². The highest BCUT2D eigenvalue weighted by Gasteiger charge is 2.41. The molecule has 1 saturated carbocycles. The highest BCUT2D eigenvalue weighted by atomic mass is 16.4. The molecule has 1 fully saturated rings. The molecule has 0 radical (unpaired) electrons. The second kappa shape index (κ2) is 5.07. The first-order valence-electron chi connectivity index (χ1n) is 6.36. The molecule has 0 spiro atoms. The fourth-order valence-corrected chi connectivity index (χ4v) is 2.66. The normalized spacial score (nSPS) is 19.0. The van der Waals surface area contributed by atoms with Gasteiger partial charge in [0.2, 0.25) is 5.91 Å². The number of carboxylic acid groups (broad SMARTS) is 1. The quantitative estimate of drug-likeness (QED) is 0.776. The molecule has 0 aliphatic heterocycles. The van der Waals surface area contributed by atoms with Crippen LogP contribution in [0.4, 0.5) is 0 Å². The maximum atomic E-state index is 12.3. The van der Waals surface area contributed by atoms with E-state index in [0.29, 0.717) is 0 Å². The Labute approximate surface area is 103 Å². The predicted octanol–water partition coefficient (Wildman–Crippen LogP) is 2.33. The summed E-state index contributed by atoms with van der Waals surface area (Å²) in [6.45, 7) is 5.56. The number of carbonyl (C=O) groups is 2. The summed E-state index contributed by atoms with van der Waals surface area (Å²) in [5.41, 5.74) is -0.927. The molecular formula is C13H23NO3. The van der Waals surface area contributed by atoms with Gasteiger partial charge < -0.3 is 10.4 Å². The Hall–Kier alpha value is -1.06. The average molecular weight is 241 g/mol. The van der Waals surface area contributed by atoms with Crippen molar-refractivity contribution in [3.05, 3.63) is 0 Å². The molecular weight excluding hydrogens is 218 g/mol. The third kappa shape index (κ3) is 3.45. The molecule has 0 heterocycles. The van der Waals surface area contributed by atoms with Gasteiger partial charge >= 0.3 is 5.97 Å². The Morgan fingerprint density at radius 2 is 1.82 bits per heavy atom. The van der Waals surface area contributed by atoms with E-state index in [1.807, 2.05) is 6.92 Å². The van der Waals surface area contributed by atoms with Crippen LogP contribution in [-0.4, -0.2) is 22.5 Å². The third-order valence-corrected chi connectivity index (χ3v) is 3.76. The van der Waals surface area contributed by atoms with Gasteiger partial charge in [0.25, 0.3) is 0 Å². The van der Waals surface area contributed by atoms with Crippen molar-refractivity contribution in [2.75, 3.05) is 0 Å². The molecule has 17 heavy (non-hydrogen) atoms. The van der Waals surface area contributed by atoms with Gasteiger partial charge in [-0.25, -0.2) is 0 Å². The van der Waals surface area contributed by atoms with E-state index in [1.165, 1.54) is 0 Å². The van der Waals surface area contributed by atoms with Crippen LogP contribution in [0.5, 0.6) is 0 Å². The van der Waals surface area contributed by atoms with Crippen molar-refractivity contribution in [1.29, 1.82) is 0 Å². The number of hydrogen-bond donors (Lipinski definition) is 2. The van der Waals surface area contributed by atoms with E-state index in [4.69, 9.17) is 5.11 Å². The summed E-state index contributed by atoms with van der Waals surface area (Å²) in [5, 5.41) is 11.7. The molecule has 0 unspecified atom stereocenters. The van der Waals surface area contributed by atoms with E-state index in [0.717, 1.165) is 32.1 Å². The van der Waals surface area contributed by atoms with Crippen LogP contribution in [-0.2, 0) is 9.59 Å². The molecule has 1 aliphatic rings. The summed E-state index contributed by atoms with van der Waals surface area (Å²) < 4.78 is 0. The number of carboxylic acids is 1. The van der Waals surface area contributed by atoms with Crippen molar-refractivity contribution in [1.82, 2.24) is 5.32 Å². The van der Waals surface area contributed by atoms with Crippen LogP contribution in [0.25, 0.3) is 0 Å². The molecule has 1 aliphatic carbocycles. The fourth-order valence-electron chi connectivity index (χ4n) is 2.66. The van der Waals surface area contributed by atoms with Crippen molar-refractivity contribution in [3.63, 3.8) is 0 Å². The van der Waals surface area contributed by atoms with E-state index in [9.17, 15) is 9.59 Å². The van der Waals surface area contributed by atoms with Crippen LogP contribution in [0.2, 0.25) is 0 Å². The van der Waals surface area contributed by atoms with Crippen LogP contribution in [0.15, 0.2) is 0 Å². The number of nitrogens with one attached hydrogen (secondary N) is 1. The van der Waals surface area contributed by atoms with Crippen molar-refractivity contribution >= 4 is 11.9 Å². The van der Waals surface area contributed by atoms with E-state index in [2.05, 4.69) is 5.32 Å². The minimum Gasteiger partial charge on any atom is -0.481 e. The molecule has 0 aromatic carbocycles. The van der Waals surface area contributed by atoms with Crippen molar-refractivity contribution in [3.8, 4) is 0 Å². The van der Waals surface area contributed by atoms with Crippen LogP contribution < -0.4 is 5.32 Å². The zero-order chi connectivity index (χ0) is 13.1. The first kappa shape index (κ1) is 14.0. The summed E-state index contributed by atoms with van der Waals surface area (Å²) >= 11 is 0. The zero-order valence-corrected chi connectivity index (χ0v) is 11.0. The van der Waals surface area contributed by atoms with E-state index >= 15 is 0 Å². The van der Waals surface area contributed by atoms with Crippen molar-refractivity contribution in [2.24, 2.45) is 5.41 Å². The van der Waals surface area contributed by atoms with Gasteiger partial charge in [-0.2, -0.15) is 0 Å². The molecule has 0 bridgehead atoms. The largest absolute Gasteiger partial charge is 0.481 e. The number of carbonyl (C=O) groups excluding carboxylic acids is 1. The second-order valence-electron chi connectivity index (χ2n) is 5.75. The number of rotatable bonds is 5. The third-order valence-electron chi connectivity index (χ3n) is 3.76. The summed E-state index contributed by atoms with van der Waals surface area (Å²) in [6.07, 6.45) is 4.85. The highest BCUT2D eigenvalue weighted by molar-refractivity contribution is 5.84. The van der Waals surface area contributed by atoms with Gasteiger partial charge in [-0.3, -0.25) is 9.59 Å². The SMILES string of the molecule is CCC1(C(=O)NC(C)(C)CC(=O)O)CCCC1. The van der Waals surface area contributed by atoms with E-state index in [1.54, 1.807) is 13.8 Å². The number of hydrogen-bond acceptors (Lipinski definition) is 2. The lowest BCUT2D eigenvalue weighted by atomic mass is 9.81. The number of amides is 1. The zero-order valence-electron chi connectivity index (χ0n) is 11.0. The van der Waals surface area contributed by atoms with Crippen molar-refractivity contribution in [2.45, 2.75) is 64.8 Å². The first-order valence-corrected chi connectivity index (χ1v) is 6.36. The maximum absolute atomic E-state index is 12.3. The van der Waals surface area contributed by atoms with Gasteiger partial charge in [-0.15, -0.1) is 0 Å². The Morgan fingerprint density at radius 1 is 1.29 bits per heavy atom. The smallest absolute Gasteiger partial charge is 0.305 e. The van der Waals surface area contributed by atoms with Crippen LogP contribution in [0.1, 0.15) is 59.3 Å². The summed E-state index contributed by atoms with van der Waals surface area (Å²) in [5.74, 6) is -0.851. The maximum Gasteiger partial charge on any atom is 0.305 e. The summed E-state index contributed by atoms with van der Waals surface area (Å²) in [7, 11) is 0. The molecule has 1 rings (SSSR count). The molecule has 98 valence electrons. The molecule has 1 amide bonds. The Morgan fingerprint density at radius 3 is 2.24 bits per heavy atom. The molecule has 4 heteroatoms. The summed E-state index contributed by atoms with van der Waals surface area (Å²) in [4.78, 5) is 23.0. The van der Waals surface area contributed by atoms with Gasteiger partial charge in [0.15, 0.2) is 0 Å². The lowest BCUT2D eigenvalue weighted by molar-refractivity contribution is -0.139. The van der Waals surface area contributed by atoms with Gasteiger partial charge in [0.1, 0.15) is 0 Å². The van der Waals surface area contributed by atoms with E-state index in [-0.39, 0.29) is 17.7 Å². The Balaban J connectivity index is 2.67. The molecule has 2 N–H and O–H groups in total. The van der Waals surface area contributed by atoms with Crippen LogP contribution >= 0.6 is 0 Å². The minimum absolute atomic E-state index is 0.0313. The molecule has 0 saturated heterocycles. The van der Waals surface area contributed by atoms with Crippen LogP contribution in [0, 0.1) is 5.41 Å². The first-order chi connectivity index (χ1) is 7.81. The van der Waals surface area contributed by atoms with Gasteiger partial charge in [0.05, 0.1) is 6.42 Å². The highest BCUT2D eigenvalue weighted by Crippen LogP contribution is 2.41. The summed E-state index contributed by atoms with van der Waals surface area (Å²) in [6, 6.07) is 0. The molecule has 4 nitrogen and oxygen atoms in total. The minimum atomic E-state index is -0.882. The van der Waals surface area contributed by atoms with Crippen molar-refractivity contribution < 1.29 is 14.7 Å². The van der Waals surface area contributed by atoms with Gasteiger partial charge in [-0.1, -0.05) is 19.8 Å². The lowest BCUT2D eigenvalue weighted by Gasteiger charge is -2.32. The predicted molar refractivity (Wildman–Crippen MR) is 65.7 cm³/mol. The average Bonchev–Trinajstić information content (AvgIpc) is 2.63. The van der Waals surface area contributed by atoms with Gasteiger partial charge in [0, 0.05) is 11.0 Å². The standard InChI is InChI=1S/C13H23NO3/c1-4-13(7-5-6-8-13)11(17)14-12(2,3)9-10(15)16/h4-9H2,1-3H3,(H,14,17)(H,15,16). The Bertz CT molecular complexity index is 304. The fraction of sp³-hybridized carbons (Fsp3) is 0.846. The molecule has 0 atom stereocenters. The molecule has 0 aromatic rings.